The normalized spacial score (nSPS) is 12.4. The van der Waals surface area contributed by atoms with E-state index in [1.54, 1.807) is 0 Å². The van der Waals surface area contributed by atoms with Crippen molar-refractivity contribution >= 4 is 204 Å². The fraction of sp³-hybridized carbons (Fsp3) is 0. The van der Waals surface area contributed by atoms with E-state index in [4.69, 9.17) is 4.42 Å². The Kier molecular flexibility index (Phi) is 15.3. The molecule has 29 aromatic rings. The highest BCUT2D eigenvalue weighted by molar-refractivity contribution is 7.27. The summed E-state index contributed by atoms with van der Waals surface area (Å²) in [5.74, 6) is 0. The Bertz CT molecular complexity index is 10100. The van der Waals surface area contributed by atoms with Crippen LogP contribution in [0.4, 0.5) is 0 Å². The molecule has 0 aliphatic heterocycles. The lowest BCUT2D eigenvalue weighted by Crippen LogP contribution is -1.96. The molecule has 22 aromatic carbocycles. The Morgan fingerprint density at radius 1 is 0.173 bits per heavy atom. The predicted octanol–water partition coefficient (Wildman–Crippen LogP) is 35.8. The third-order valence-electron chi connectivity index (χ3n) is 29.1. The minimum absolute atomic E-state index is 0.907. The fourth-order valence-electron chi connectivity index (χ4n) is 23.7. The second-order valence-corrected chi connectivity index (χ2v) is 37.9. The van der Waals surface area contributed by atoms with Gasteiger partial charge in [-0.15, -0.1) is 22.7 Å². The Morgan fingerprint density at radius 3 is 1.11 bits per heavy atom. The van der Waals surface area contributed by atoms with Gasteiger partial charge in [0.25, 0.3) is 0 Å². The molecule has 7 heteroatoms. The molecule has 32 rings (SSSR count). The first-order chi connectivity index (χ1) is 66.1. The molecule has 7 heterocycles. The summed E-state index contributed by atoms with van der Waals surface area (Å²) in [5.41, 5.74) is 36.8. The molecule has 0 radical (unpaired) electrons. The van der Waals surface area contributed by atoms with Crippen molar-refractivity contribution in [2.45, 2.75) is 0 Å². The van der Waals surface area contributed by atoms with E-state index in [1.807, 2.05) is 22.7 Å². The van der Waals surface area contributed by atoms with Crippen LogP contribution in [0.1, 0.15) is 0 Å². The SMILES string of the molecule is c1ccc(-c2cccc(-n3c4cccc5c4c4c6c(cccc6c6sc7ccccc7c6c43)-c3ccccc3-5)c2)cc1.c1ccc(-n2c3cccc4c3c3c5c(cccc5c5sc6ccccc6c5c32)-c2ccccc2-4)cc1.c1ccc2c(c1)-c1cccc3ccc4c(c13)c1c-2c2c(cc1n4-c1ccc(-c3ccc(-n4c5ccccc5c5ccccc54)cc3)cc1)oc1ccccc12. The summed E-state index contributed by atoms with van der Waals surface area (Å²) >= 11 is 3.85. The number of rotatable bonds is 6. The standard InChI is InChI=1S/C52H30N2O.C40H23NS.C34H19NS/c1-2-14-40-36(11-1)39-16-9-10-33-24-29-44-51(48(33)39)52-45(30-47-49(50(40)52)41-15-5-8-19-46(41)55-47)54(44)35-27-22-32(23-28-35)31-20-25-34(26-21-31)53-42-17-6-3-12-37(42)38-13-4-7-18-43(38)53;1-2-11-24(12-3-1)25-13-8-14-26(23-25)41-33-21-10-19-30-28-16-5-4-15-27(28)29-18-9-20-32-35(29)38(36(30)33)39(41)37-31-17-6-7-22-34(31)42-40(32)37;1-2-10-20(11-3-1)35-27-18-9-16-24-22-13-5-4-12-21(22)23-15-8-17-26-29(23)32(30(24)27)33(35)31-25-14-6-7-19-28(25)36-34(26)31/h1-30H;1-23H;1-19H. The predicted molar refractivity (Wildman–Crippen MR) is 566 cm³/mol. The Morgan fingerprint density at radius 2 is 0.549 bits per heavy atom. The van der Waals surface area contributed by atoms with Crippen molar-refractivity contribution in [2.24, 2.45) is 0 Å². The molecule has 0 unspecified atom stereocenters. The monoisotopic (exact) mass is 1720 g/mol. The number of benzene rings is 22. The second kappa shape index (κ2) is 27.8. The van der Waals surface area contributed by atoms with Gasteiger partial charge < -0.3 is 22.7 Å². The molecule has 0 atom stereocenters. The maximum absolute atomic E-state index is 6.67. The van der Waals surface area contributed by atoms with Gasteiger partial charge in [-0.3, -0.25) is 0 Å². The van der Waals surface area contributed by atoms with E-state index < -0.39 is 0 Å². The number of fused-ring (bicyclic) bond motifs is 26. The summed E-state index contributed by atoms with van der Waals surface area (Å²) in [6.45, 7) is 0. The quantitative estimate of drug-likeness (QED) is 0.163. The van der Waals surface area contributed by atoms with Gasteiger partial charge >= 0.3 is 0 Å². The number of para-hydroxylation sites is 4. The molecule has 3 aliphatic carbocycles. The number of hydrogen-bond donors (Lipinski definition) is 0. The summed E-state index contributed by atoms with van der Waals surface area (Å²) < 4.78 is 22.0. The molecular weight excluding hydrogens is 1650 g/mol. The van der Waals surface area contributed by atoms with Crippen LogP contribution in [0.25, 0.3) is 294 Å². The van der Waals surface area contributed by atoms with E-state index in [1.165, 1.54) is 260 Å². The summed E-state index contributed by atoms with van der Waals surface area (Å²) in [6, 6.07) is 160. The van der Waals surface area contributed by atoms with Crippen molar-refractivity contribution < 1.29 is 4.42 Å². The highest BCUT2D eigenvalue weighted by Gasteiger charge is 2.34. The average molecular weight is 1720 g/mol. The van der Waals surface area contributed by atoms with Gasteiger partial charge in [0.2, 0.25) is 0 Å². The summed E-state index contributed by atoms with van der Waals surface area (Å²) in [4.78, 5) is 0. The van der Waals surface area contributed by atoms with E-state index in [0.29, 0.717) is 0 Å². The molecule has 7 aromatic heterocycles. The maximum Gasteiger partial charge on any atom is 0.138 e. The van der Waals surface area contributed by atoms with E-state index in [2.05, 4.69) is 455 Å². The van der Waals surface area contributed by atoms with Crippen molar-refractivity contribution in [3.8, 4) is 112 Å². The molecule has 0 saturated heterocycles. The van der Waals surface area contributed by atoms with Crippen LogP contribution in [0.3, 0.4) is 0 Å². The van der Waals surface area contributed by atoms with Gasteiger partial charge in [0, 0.05) is 150 Å². The summed E-state index contributed by atoms with van der Waals surface area (Å²) in [5, 5.41) is 26.3. The van der Waals surface area contributed by atoms with Crippen LogP contribution in [0, 0.1) is 0 Å². The third-order valence-corrected chi connectivity index (χ3v) is 31.5. The molecule has 3 aliphatic rings. The number of nitrogens with zero attached hydrogens (tertiary/aromatic N) is 4. The number of aromatic nitrogens is 4. The highest BCUT2D eigenvalue weighted by atomic mass is 32.1. The molecule has 614 valence electrons. The Hall–Kier alpha value is -16.9. The van der Waals surface area contributed by atoms with Gasteiger partial charge in [-0.25, -0.2) is 0 Å². The number of furan rings is 1. The van der Waals surface area contributed by atoms with E-state index in [9.17, 15) is 0 Å². The Balaban J connectivity index is 0.0000000979. The first-order valence-electron chi connectivity index (χ1n) is 45.8. The molecule has 0 bridgehead atoms. The van der Waals surface area contributed by atoms with E-state index >= 15 is 0 Å². The van der Waals surface area contributed by atoms with Crippen LogP contribution in [0.5, 0.6) is 0 Å². The smallest absolute Gasteiger partial charge is 0.138 e. The molecule has 0 N–H and O–H groups in total. The summed E-state index contributed by atoms with van der Waals surface area (Å²) in [6.07, 6.45) is 0. The van der Waals surface area contributed by atoms with Crippen molar-refractivity contribution in [3.63, 3.8) is 0 Å². The van der Waals surface area contributed by atoms with Crippen LogP contribution in [0.2, 0.25) is 0 Å². The van der Waals surface area contributed by atoms with Crippen molar-refractivity contribution in [1.29, 1.82) is 0 Å². The summed E-state index contributed by atoms with van der Waals surface area (Å²) in [7, 11) is 0. The molecule has 0 spiro atoms. The lowest BCUT2D eigenvalue weighted by molar-refractivity contribution is 0.669. The van der Waals surface area contributed by atoms with E-state index in [-0.39, 0.29) is 0 Å². The molecule has 0 amide bonds. The molecule has 0 fully saturated rings. The second-order valence-electron chi connectivity index (χ2n) is 35.7. The topological polar surface area (TPSA) is 32.9 Å². The van der Waals surface area contributed by atoms with Gasteiger partial charge in [-0.05, 0) is 191 Å². The lowest BCUT2D eigenvalue weighted by atomic mass is 9.91. The first kappa shape index (κ1) is 73.0. The first-order valence-corrected chi connectivity index (χ1v) is 47.4. The van der Waals surface area contributed by atoms with Gasteiger partial charge in [-0.1, -0.05) is 334 Å². The maximum atomic E-state index is 6.67. The highest BCUT2D eigenvalue weighted by Crippen LogP contribution is 2.60. The van der Waals surface area contributed by atoms with Crippen molar-refractivity contribution in [1.82, 2.24) is 18.3 Å². The van der Waals surface area contributed by atoms with Gasteiger partial charge in [0.05, 0.1) is 44.1 Å². The third kappa shape index (κ3) is 10.2. The van der Waals surface area contributed by atoms with Crippen LogP contribution in [0.15, 0.2) is 441 Å². The lowest BCUT2D eigenvalue weighted by Gasteiger charge is -2.15. The van der Waals surface area contributed by atoms with Gasteiger partial charge in [0.1, 0.15) is 11.2 Å². The number of thiophene rings is 2. The van der Waals surface area contributed by atoms with E-state index in [0.717, 1.165) is 33.4 Å². The molecule has 133 heavy (non-hydrogen) atoms. The molecule has 5 nitrogen and oxygen atoms in total. The van der Waals surface area contributed by atoms with Crippen LogP contribution < -0.4 is 0 Å². The van der Waals surface area contributed by atoms with Crippen molar-refractivity contribution in [2.75, 3.05) is 0 Å². The zero-order chi connectivity index (χ0) is 86.5. The fourth-order valence-corrected chi connectivity index (χ4v) is 26.2. The Labute approximate surface area is 769 Å². The molecule has 0 saturated carbocycles. The van der Waals surface area contributed by atoms with Gasteiger partial charge in [0.15, 0.2) is 0 Å². The van der Waals surface area contributed by atoms with Crippen LogP contribution in [-0.4, -0.2) is 18.3 Å². The number of hydrogen-bond acceptors (Lipinski definition) is 3. The average Bonchev–Trinajstić information content (AvgIpc) is 1.53. The van der Waals surface area contributed by atoms with Gasteiger partial charge in [-0.2, -0.15) is 0 Å². The van der Waals surface area contributed by atoms with Crippen molar-refractivity contribution in [3.05, 3.63) is 437 Å². The zero-order valence-electron chi connectivity index (χ0n) is 71.6. The zero-order valence-corrected chi connectivity index (χ0v) is 73.2. The van der Waals surface area contributed by atoms with Crippen LogP contribution >= 0.6 is 22.7 Å². The largest absolute Gasteiger partial charge is 0.456 e. The van der Waals surface area contributed by atoms with Crippen LogP contribution in [-0.2, 0) is 0 Å². The molecular formula is C126H72N4OS2. The minimum atomic E-state index is 0.907. The minimum Gasteiger partial charge on any atom is -0.456 e.